The summed E-state index contributed by atoms with van der Waals surface area (Å²) in [4.78, 5) is 22.5. The number of nitrogens with zero attached hydrogens (tertiary/aromatic N) is 2. The summed E-state index contributed by atoms with van der Waals surface area (Å²) in [7, 11) is 0. The van der Waals surface area contributed by atoms with Crippen LogP contribution in [0.4, 0.5) is 0 Å². The molecular formula is C18H21ClN4O2. The number of hydrogen-bond acceptors (Lipinski definition) is 4. The van der Waals surface area contributed by atoms with Gasteiger partial charge in [0.1, 0.15) is 5.82 Å². The van der Waals surface area contributed by atoms with Crippen molar-refractivity contribution < 1.29 is 9.53 Å². The van der Waals surface area contributed by atoms with Gasteiger partial charge in [0.15, 0.2) is 0 Å². The van der Waals surface area contributed by atoms with Crippen LogP contribution in [0.15, 0.2) is 24.3 Å². The van der Waals surface area contributed by atoms with E-state index in [1.807, 2.05) is 29.2 Å². The molecule has 1 fully saturated rings. The van der Waals surface area contributed by atoms with Gasteiger partial charge in [-0.3, -0.25) is 4.79 Å². The third kappa shape index (κ3) is 3.71. The van der Waals surface area contributed by atoms with Gasteiger partial charge in [0.2, 0.25) is 5.91 Å². The fourth-order valence-corrected chi connectivity index (χ4v) is 3.45. The molecule has 0 spiro atoms. The van der Waals surface area contributed by atoms with Crippen LogP contribution >= 0.6 is 11.6 Å². The van der Waals surface area contributed by atoms with Crippen LogP contribution in [0, 0.1) is 0 Å². The molecule has 0 aliphatic carbocycles. The predicted octanol–water partition coefficient (Wildman–Crippen LogP) is 1.99. The molecule has 1 saturated heterocycles. The number of carbonyl (C=O) groups is 1. The van der Waals surface area contributed by atoms with Gasteiger partial charge in [-0.2, -0.15) is 0 Å². The number of nitrogens with one attached hydrogen (secondary N) is 2. The first kappa shape index (κ1) is 16.6. The number of amides is 1. The second kappa shape index (κ2) is 7.15. The summed E-state index contributed by atoms with van der Waals surface area (Å²) < 4.78 is 5.64. The lowest BCUT2D eigenvalue weighted by Crippen LogP contribution is -2.43. The Labute approximate surface area is 151 Å². The van der Waals surface area contributed by atoms with Gasteiger partial charge in [0.05, 0.1) is 37.1 Å². The number of carbonyl (C=O) groups excluding carboxylic acids is 1. The Morgan fingerprint density at radius 1 is 1.36 bits per heavy atom. The van der Waals surface area contributed by atoms with Gasteiger partial charge >= 0.3 is 0 Å². The molecule has 1 amide bonds. The van der Waals surface area contributed by atoms with Crippen molar-refractivity contribution in [1.29, 1.82) is 0 Å². The van der Waals surface area contributed by atoms with Crippen LogP contribution in [-0.4, -0.2) is 53.1 Å². The van der Waals surface area contributed by atoms with Crippen LogP contribution in [0.1, 0.15) is 17.8 Å². The van der Waals surface area contributed by atoms with Gasteiger partial charge in [-0.15, -0.1) is 0 Å². The summed E-state index contributed by atoms with van der Waals surface area (Å²) in [5.74, 6) is 0.970. The number of halogens is 1. The minimum atomic E-state index is -0.0194. The van der Waals surface area contributed by atoms with Gasteiger partial charge in [-0.05, 0) is 24.3 Å². The Kier molecular flexibility index (Phi) is 4.74. The second-order valence-electron chi connectivity index (χ2n) is 6.48. The van der Waals surface area contributed by atoms with Crippen molar-refractivity contribution >= 4 is 17.5 Å². The summed E-state index contributed by atoms with van der Waals surface area (Å²) in [6.45, 7) is 3.56. The molecule has 6 nitrogen and oxygen atoms in total. The van der Waals surface area contributed by atoms with Gasteiger partial charge in [0, 0.05) is 36.6 Å². The van der Waals surface area contributed by atoms with Crippen molar-refractivity contribution in [1.82, 2.24) is 20.2 Å². The molecule has 0 radical (unpaired) electrons. The van der Waals surface area contributed by atoms with Crippen molar-refractivity contribution in [3.63, 3.8) is 0 Å². The SMILES string of the molecule is O=C(CC1CNCCO1)N1CCc2nc(-c3ccc(Cl)cc3)[nH]c2C1. The summed E-state index contributed by atoms with van der Waals surface area (Å²) in [6, 6.07) is 7.60. The van der Waals surface area contributed by atoms with Crippen molar-refractivity contribution in [2.45, 2.75) is 25.5 Å². The Hall–Kier alpha value is -1.89. The molecule has 2 N–H and O–H groups in total. The summed E-state index contributed by atoms with van der Waals surface area (Å²) in [5.41, 5.74) is 3.06. The van der Waals surface area contributed by atoms with E-state index in [9.17, 15) is 4.79 Å². The Bertz CT molecular complexity index is 753. The molecular weight excluding hydrogens is 340 g/mol. The van der Waals surface area contributed by atoms with E-state index in [1.54, 1.807) is 0 Å². The maximum absolute atomic E-state index is 12.6. The quantitative estimate of drug-likeness (QED) is 0.878. The highest BCUT2D eigenvalue weighted by molar-refractivity contribution is 6.30. The first-order valence-electron chi connectivity index (χ1n) is 8.63. The third-order valence-electron chi connectivity index (χ3n) is 4.71. The van der Waals surface area contributed by atoms with Crippen LogP contribution in [0.5, 0.6) is 0 Å². The van der Waals surface area contributed by atoms with Gasteiger partial charge in [-0.25, -0.2) is 4.98 Å². The maximum Gasteiger partial charge on any atom is 0.225 e. The first-order valence-corrected chi connectivity index (χ1v) is 9.00. The standard InChI is InChI=1S/C18H21ClN4O2/c19-13-3-1-12(2-4-13)18-21-15-5-7-23(11-16(15)22-18)17(24)9-14-10-20-6-8-25-14/h1-4,14,20H,5-11H2,(H,21,22). The van der Waals surface area contributed by atoms with Crippen LogP contribution in [0.3, 0.4) is 0 Å². The summed E-state index contributed by atoms with van der Waals surface area (Å²) >= 11 is 5.94. The molecule has 1 aromatic heterocycles. The number of morpholine rings is 1. The number of rotatable bonds is 3. The van der Waals surface area contributed by atoms with Crippen molar-refractivity contribution in [2.24, 2.45) is 0 Å². The molecule has 1 atom stereocenters. The van der Waals surface area contributed by atoms with Gasteiger partial charge in [-0.1, -0.05) is 11.6 Å². The molecule has 2 aromatic rings. The highest BCUT2D eigenvalue weighted by atomic mass is 35.5. The topological polar surface area (TPSA) is 70.2 Å². The molecule has 1 unspecified atom stereocenters. The smallest absolute Gasteiger partial charge is 0.225 e. The molecule has 3 heterocycles. The van der Waals surface area contributed by atoms with E-state index >= 15 is 0 Å². The fraction of sp³-hybridized carbons (Fsp3) is 0.444. The Morgan fingerprint density at radius 2 is 2.20 bits per heavy atom. The molecule has 25 heavy (non-hydrogen) atoms. The second-order valence-corrected chi connectivity index (χ2v) is 6.92. The highest BCUT2D eigenvalue weighted by Crippen LogP contribution is 2.24. The van der Waals surface area contributed by atoms with E-state index in [2.05, 4.69) is 15.3 Å². The molecule has 7 heteroatoms. The van der Waals surface area contributed by atoms with E-state index in [0.29, 0.717) is 31.1 Å². The number of benzene rings is 1. The molecule has 1 aromatic carbocycles. The maximum atomic E-state index is 12.6. The zero-order valence-electron chi connectivity index (χ0n) is 13.9. The third-order valence-corrected chi connectivity index (χ3v) is 4.96. The zero-order chi connectivity index (χ0) is 17.2. The lowest BCUT2D eigenvalue weighted by Gasteiger charge is -2.29. The Morgan fingerprint density at radius 3 is 2.96 bits per heavy atom. The number of aromatic amines is 1. The van der Waals surface area contributed by atoms with E-state index in [4.69, 9.17) is 16.3 Å². The molecule has 4 rings (SSSR count). The van der Waals surface area contributed by atoms with Crippen LogP contribution < -0.4 is 5.32 Å². The predicted molar refractivity (Wildman–Crippen MR) is 95.4 cm³/mol. The lowest BCUT2D eigenvalue weighted by molar-refractivity contribution is -0.135. The normalized spacial score (nSPS) is 20.4. The Balaban J connectivity index is 1.44. The van der Waals surface area contributed by atoms with Gasteiger partial charge in [0.25, 0.3) is 0 Å². The minimum absolute atomic E-state index is 0.0194. The van der Waals surface area contributed by atoms with E-state index < -0.39 is 0 Å². The fourth-order valence-electron chi connectivity index (χ4n) is 3.33. The lowest BCUT2D eigenvalue weighted by atomic mass is 10.1. The molecule has 132 valence electrons. The molecule has 0 saturated carbocycles. The number of ether oxygens (including phenoxy) is 1. The highest BCUT2D eigenvalue weighted by Gasteiger charge is 2.26. The number of imidazole rings is 1. The average molecular weight is 361 g/mol. The number of fused-ring (bicyclic) bond motifs is 1. The zero-order valence-corrected chi connectivity index (χ0v) is 14.7. The van der Waals surface area contributed by atoms with Crippen LogP contribution in [-0.2, 0) is 22.5 Å². The van der Waals surface area contributed by atoms with Crippen LogP contribution in [0.2, 0.25) is 5.02 Å². The summed E-state index contributed by atoms with van der Waals surface area (Å²) in [5, 5.41) is 3.97. The number of H-pyrrole nitrogens is 1. The van der Waals surface area contributed by atoms with Crippen molar-refractivity contribution in [3.05, 3.63) is 40.7 Å². The first-order chi connectivity index (χ1) is 12.2. The average Bonchev–Trinajstić information content (AvgIpc) is 3.06. The van der Waals surface area contributed by atoms with Crippen LogP contribution in [0.25, 0.3) is 11.4 Å². The van der Waals surface area contributed by atoms with E-state index in [1.165, 1.54) is 0 Å². The van der Waals surface area contributed by atoms with E-state index in [0.717, 1.165) is 42.3 Å². The van der Waals surface area contributed by atoms with Crippen molar-refractivity contribution in [2.75, 3.05) is 26.2 Å². The number of aromatic nitrogens is 2. The number of hydrogen-bond donors (Lipinski definition) is 2. The van der Waals surface area contributed by atoms with Crippen molar-refractivity contribution in [3.8, 4) is 11.4 Å². The van der Waals surface area contributed by atoms with Gasteiger partial charge < -0.3 is 19.9 Å². The molecule has 2 aliphatic heterocycles. The van der Waals surface area contributed by atoms with E-state index in [-0.39, 0.29) is 12.0 Å². The minimum Gasteiger partial charge on any atom is -0.375 e. The summed E-state index contributed by atoms with van der Waals surface area (Å²) in [6.07, 6.45) is 1.18. The monoisotopic (exact) mass is 360 g/mol. The molecule has 2 aliphatic rings. The molecule has 0 bridgehead atoms. The largest absolute Gasteiger partial charge is 0.375 e.